The lowest BCUT2D eigenvalue weighted by Crippen LogP contribution is -2.47. The van der Waals surface area contributed by atoms with Crippen LogP contribution in [-0.2, 0) is 14.3 Å². The van der Waals surface area contributed by atoms with Gasteiger partial charge in [-0.2, -0.15) is 0 Å². The molecule has 0 bridgehead atoms. The minimum absolute atomic E-state index is 0.0290. The van der Waals surface area contributed by atoms with Crippen molar-refractivity contribution in [1.29, 1.82) is 0 Å². The average Bonchev–Trinajstić information content (AvgIpc) is 3.04. The lowest BCUT2D eigenvalue weighted by Gasteiger charge is -2.37. The van der Waals surface area contributed by atoms with Crippen molar-refractivity contribution in [3.05, 3.63) is 65.9 Å². The molecule has 2 aromatic carbocycles. The maximum absolute atomic E-state index is 13.4. The molecule has 7 nitrogen and oxygen atoms in total. The van der Waals surface area contributed by atoms with Gasteiger partial charge in [0.2, 0.25) is 0 Å². The number of carbonyl (C=O) groups is 2. The van der Waals surface area contributed by atoms with E-state index in [-0.39, 0.29) is 37.2 Å². The summed E-state index contributed by atoms with van der Waals surface area (Å²) in [6.45, 7) is 5.45. The number of rotatable bonds is 7. The van der Waals surface area contributed by atoms with Crippen LogP contribution in [0.15, 0.2) is 60.3 Å². The SMILES string of the molecule is COc1ccc(OCCN2C(=O)C(c3ccccc3)=C(N3CC(C)OC(C)C3)C2=O)cc1. The van der Waals surface area contributed by atoms with Gasteiger partial charge in [0.05, 0.1) is 31.4 Å². The second-order valence-corrected chi connectivity index (χ2v) is 8.04. The van der Waals surface area contributed by atoms with Crippen molar-refractivity contribution in [3.8, 4) is 11.5 Å². The summed E-state index contributed by atoms with van der Waals surface area (Å²) in [5.74, 6) is 0.810. The van der Waals surface area contributed by atoms with E-state index in [2.05, 4.69) is 0 Å². The van der Waals surface area contributed by atoms with Crippen LogP contribution < -0.4 is 9.47 Å². The van der Waals surface area contributed by atoms with E-state index in [0.29, 0.717) is 30.1 Å². The van der Waals surface area contributed by atoms with Crippen LogP contribution in [0.2, 0.25) is 0 Å². The van der Waals surface area contributed by atoms with E-state index in [1.807, 2.05) is 49.1 Å². The number of carbonyl (C=O) groups excluding carboxylic acids is 2. The molecule has 2 heterocycles. The number of morpholine rings is 1. The molecule has 2 atom stereocenters. The lowest BCUT2D eigenvalue weighted by molar-refractivity contribution is -0.138. The summed E-state index contributed by atoms with van der Waals surface area (Å²) < 4.78 is 16.7. The maximum Gasteiger partial charge on any atom is 0.277 e. The van der Waals surface area contributed by atoms with Gasteiger partial charge in [-0.25, -0.2) is 0 Å². The zero-order chi connectivity index (χ0) is 22.7. The second-order valence-electron chi connectivity index (χ2n) is 8.04. The molecule has 168 valence electrons. The van der Waals surface area contributed by atoms with Crippen LogP contribution in [0, 0.1) is 0 Å². The standard InChI is InChI=1S/C25H28N2O5/c1-17-15-26(16-18(2)32-17)23-22(19-7-5-4-6-8-19)24(28)27(25(23)29)13-14-31-21-11-9-20(30-3)10-12-21/h4-12,17-18H,13-16H2,1-3H3. The maximum atomic E-state index is 13.4. The summed E-state index contributed by atoms with van der Waals surface area (Å²) in [6.07, 6.45) is -0.0581. The Morgan fingerprint density at radius 2 is 1.53 bits per heavy atom. The van der Waals surface area contributed by atoms with Gasteiger partial charge in [-0.05, 0) is 43.7 Å². The molecule has 2 aliphatic rings. The Kier molecular flexibility index (Phi) is 6.46. The summed E-state index contributed by atoms with van der Waals surface area (Å²) in [5, 5.41) is 0. The number of amides is 2. The predicted octanol–water partition coefficient (Wildman–Crippen LogP) is 2.96. The number of ether oxygens (including phenoxy) is 3. The molecule has 2 aromatic rings. The van der Waals surface area contributed by atoms with Gasteiger partial charge in [-0.1, -0.05) is 30.3 Å². The molecule has 0 N–H and O–H groups in total. The average molecular weight is 437 g/mol. The Balaban J connectivity index is 1.54. The van der Waals surface area contributed by atoms with E-state index in [4.69, 9.17) is 14.2 Å². The largest absolute Gasteiger partial charge is 0.497 e. The van der Waals surface area contributed by atoms with Crippen molar-refractivity contribution in [2.75, 3.05) is 33.4 Å². The molecular formula is C25H28N2O5. The minimum Gasteiger partial charge on any atom is -0.497 e. The summed E-state index contributed by atoms with van der Waals surface area (Å²) in [4.78, 5) is 30.1. The van der Waals surface area contributed by atoms with Gasteiger partial charge >= 0.3 is 0 Å². The quantitative estimate of drug-likeness (QED) is 0.622. The number of imide groups is 1. The third kappa shape index (κ3) is 4.48. The molecule has 7 heteroatoms. The molecule has 2 aliphatic heterocycles. The molecule has 0 saturated carbocycles. The zero-order valence-electron chi connectivity index (χ0n) is 18.6. The fourth-order valence-corrected chi connectivity index (χ4v) is 4.21. The van der Waals surface area contributed by atoms with Gasteiger partial charge in [0.25, 0.3) is 11.8 Å². The van der Waals surface area contributed by atoms with Crippen molar-refractivity contribution in [2.45, 2.75) is 26.1 Å². The van der Waals surface area contributed by atoms with Crippen LogP contribution in [0.25, 0.3) is 5.57 Å². The first kappa shape index (κ1) is 21.9. The minimum atomic E-state index is -0.290. The van der Waals surface area contributed by atoms with Gasteiger partial charge in [-0.3, -0.25) is 14.5 Å². The molecule has 1 saturated heterocycles. The number of hydrogen-bond acceptors (Lipinski definition) is 6. The van der Waals surface area contributed by atoms with Gasteiger partial charge in [-0.15, -0.1) is 0 Å². The molecular weight excluding hydrogens is 408 g/mol. The second kappa shape index (κ2) is 9.44. The Labute approximate surface area is 188 Å². The van der Waals surface area contributed by atoms with E-state index in [1.165, 1.54) is 4.90 Å². The Hall–Kier alpha value is -3.32. The molecule has 1 fully saturated rings. The summed E-state index contributed by atoms with van der Waals surface area (Å²) >= 11 is 0. The molecule has 0 aromatic heterocycles. The highest BCUT2D eigenvalue weighted by Gasteiger charge is 2.42. The highest BCUT2D eigenvalue weighted by atomic mass is 16.5. The third-order valence-corrected chi connectivity index (χ3v) is 5.58. The first-order valence-electron chi connectivity index (χ1n) is 10.8. The highest BCUT2D eigenvalue weighted by molar-refractivity contribution is 6.35. The smallest absolute Gasteiger partial charge is 0.277 e. The fraction of sp³-hybridized carbons (Fsp3) is 0.360. The van der Waals surface area contributed by atoms with E-state index in [0.717, 1.165) is 11.3 Å². The van der Waals surface area contributed by atoms with E-state index >= 15 is 0 Å². The number of benzene rings is 2. The Morgan fingerprint density at radius 3 is 2.16 bits per heavy atom. The zero-order valence-corrected chi connectivity index (χ0v) is 18.6. The van der Waals surface area contributed by atoms with Gasteiger partial charge in [0.1, 0.15) is 23.8 Å². The van der Waals surface area contributed by atoms with Crippen LogP contribution >= 0.6 is 0 Å². The van der Waals surface area contributed by atoms with Crippen molar-refractivity contribution in [3.63, 3.8) is 0 Å². The van der Waals surface area contributed by atoms with Gasteiger partial charge in [0, 0.05) is 13.1 Å². The molecule has 0 aliphatic carbocycles. The summed E-state index contributed by atoms with van der Waals surface area (Å²) in [7, 11) is 1.60. The fourth-order valence-electron chi connectivity index (χ4n) is 4.21. The molecule has 0 spiro atoms. The van der Waals surface area contributed by atoms with E-state index < -0.39 is 0 Å². The molecule has 32 heavy (non-hydrogen) atoms. The number of methoxy groups -OCH3 is 1. The molecule has 4 rings (SSSR count). The third-order valence-electron chi connectivity index (χ3n) is 5.58. The Morgan fingerprint density at radius 1 is 0.906 bits per heavy atom. The monoisotopic (exact) mass is 436 g/mol. The topological polar surface area (TPSA) is 68.3 Å². The first-order valence-corrected chi connectivity index (χ1v) is 10.8. The van der Waals surface area contributed by atoms with Crippen molar-refractivity contribution < 1.29 is 23.8 Å². The predicted molar refractivity (Wildman–Crippen MR) is 120 cm³/mol. The summed E-state index contributed by atoms with van der Waals surface area (Å²) in [5.41, 5.74) is 1.64. The lowest BCUT2D eigenvalue weighted by atomic mass is 10.0. The summed E-state index contributed by atoms with van der Waals surface area (Å²) in [6, 6.07) is 16.6. The van der Waals surface area contributed by atoms with Crippen molar-refractivity contribution in [2.24, 2.45) is 0 Å². The molecule has 2 unspecified atom stereocenters. The van der Waals surface area contributed by atoms with Crippen LogP contribution in [0.1, 0.15) is 19.4 Å². The first-order chi connectivity index (χ1) is 15.5. The normalized spacial score (nSPS) is 21.3. The molecule has 2 amide bonds. The van der Waals surface area contributed by atoms with Crippen molar-refractivity contribution in [1.82, 2.24) is 9.80 Å². The van der Waals surface area contributed by atoms with Crippen molar-refractivity contribution >= 4 is 17.4 Å². The number of nitrogens with zero attached hydrogens (tertiary/aromatic N) is 2. The molecule has 0 radical (unpaired) electrons. The van der Waals surface area contributed by atoms with Crippen LogP contribution in [0.3, 0.4) is 0 Å². The van der Waals surface area contributed by atoms with E-state index in [9.17, 15) is 9.59 Å². The van der Waals surface area contributed by atoms with E-state index in [1.54, 1.807) is 31.4 Å². The Bertz CT molecular complexity index is 993. The van der Waals surface area contributed by atoms with Crippen LogP contribution in [-0.4, -0.2) is 67.2 Å². The van der Waals surface area contributed by atoms with Gasteiger partial charge in [0.15, 0.2) is 0 Å². The number of hydrogen-bond donors (Lipinski definition) is 0. The van der Waals surface area contributed by atoms with Crippen LogP contribution in [0.4, 0.5) is 0 Å². The van der Waals surface area contributed by atoms with Crippen LogP contribution in [0.5, 0.6) is 11.5 Å². The van der Waals surface area contributed by atoms with Gasteiger partial charge < -0.3 is 19.1 Å². The highest BCUT2D eigenvalue weighted by Crippen LogP contribution is 2.33.